The maximum absolute atomic E-state index is 12.7. The third-order valence-electron chi connectivity index (χ3n) is 5.32. The molecule has 146 valence electrons. The molecule has 0 unspecified atom stereocenters. The van der Waals surface area contributed by atoms with Crippen LogP contribution in [0.25, 0.3) is 11.2 Å². The van der Waals surface area contributed by atoms with Gasteiger partial charge in [-0.25, -0.2) is 9.78 Å². The van der Waals surface area contributed by atoms with Gasteiger partial charge in [0.1, 0.15) is 12.4 Å². The minimum absolute atomic E-state index is 0.163. The van der Waals surface area contributed by atoms with Gasteiger partial charge < -0.3 is 10.3 Å². The summed E-state index contributed by atoms with van der Waals surface area (Å²) in [5, 5.41) is 0. The van der Waals surface area contributed by atoms with Crippen molar-refractivity contribution in [1.82, 2.24) is 23.6 Å². The van der Waals surface area contributed by atoms with Gasteiger partial charge in [-0.1, -0.05) is 24.3 Å². The van der Waals surface area contributed by atoms with E-state index in [9.17, 15) is 14.4 Å². The molecule has 9 heteroatoms. The Balaban J connectivity index is 1.80. The molecule has 1 aliphatic rings. The summed E-state index contributed by atoms with van der Waals surface area (Å²) in [4.78, 5) is 43.3. The lowest BCUT2D eigenvalue weighted by Crippen LogP contribution is -2.38. The fourth-order valence-corrected chi connectivity index (χ4v) is 3.83. The Labute approximate surface area is 160 Å². The van der Waals surface area contributed by atoms with Crippen molar-refractivity contribution in [2.45, 2.75) is 26.1 Å². The van der Waals surface area contributed by atoms with Crippen LogP contribution < -0.4 is 17.0 Å². The fourth-order valence-electron chi connectivity index (χ4n) is 3.83. The predicted molar refractivity (Wildman–Crippen MR) is 104 cm³/mol. The smallest absolute Gasteiger partial charge is 0.332 e. The number of fused-ring (bicyclic) bond motifs is 2. The summed E-state index contributed by atoms with van der Waals surface area (Å²) in [6, 6.07) is 8.29. The Kier molecular flexibility index (Phi) is 4.38. The number of hydrogen-bond acceptors (Lipinski definition) is 5. The molecule has 0 fully saturated rings. The number of aryl methyl sites for hydroxylation is 1. The lowest BCUT2D eigenvalue weighted by molar-refractivity contribution is -0.118. The Morgan fingerprint density at radius 3 is 2.57 bits per heavy atom. The van der Waals surface area contributed by atoms with Crippen LogP contribution in [0, 0.1) is 0 Å². The zero-order valence-electron chi connectivity index (χ0n) is 15.9. The van der Waals surface area contributed by atoms with Gasteiger partial charge in [-0.05, 0) is 17.5 Å². The molecule has 2 N–H and O–H groups in total. The average molecular weight is 382 g/mol. The molecule has 3 heterocycles. The number of carbonyl (C=O) groups is 1. The number of rotatable bonds is 4. The third kappa shape index (κ3) is 2.93. The van der Waals surface area contributed by atoms with Crippen LogP contribution in [-0.4, -0.2) is 36.0 Å². The van der Waals surface area contributed by atoms with Crippen LogP contribution in [0.5, 0.6) is 0 Å². The van der Waals surface area contributed by atoms with Crippen molar-refractivity contribution in [2.24, 2.45) is 19.8 Å². The quantitative estimate of drug-likeness (QED) is 0.653. The predicted octanol–water partition coefficient (Wildman–Crippen LogP) is -0.523. The summed E-state index contributed by atoms with van der Waals surface area (Å²) in [7, 11) is 2.97. The van der Waals surface area contributed by atoms with Crippen molar-refractivity contribution < 1.29 is 4.79 Å². The number of carbonyl (C=O) groups excluding carboxylic acids is 1. The first-order chi connectivity index (χ1) is 13.4. The van der Waals surface area contributed by atoms with E-state index in [0.29, 0.717) is 12.4 Å². The van der Waals surface area contributed by atoms with Crippen LogP contribution in [-0.2, 0) is 44.9 Å². The van der Waals surface area contributed by atoms with Crippen LogP contribution in [0.15, 0.2) is 33.9 Å². The van der Waals surface area contributed by atoms with Gasteiger partial charge in [0.05, 0.1) is 6.54 Å². The van der Waals surface area contributed by atoms with Crippen LogP contribution in [0.3, 0.4) is 0 Å². The number of aromatic nitrogens is 4. The van der Waals surface area contributed by atoms with Gasteiger partial charge in [-0.3, -0.25) is 23.6 Å². The second-order valence-electron chi connectivity index (χ2n) is 7.19. The van der Waals surface area contributed by atoms with Gasteiger partial charge >= 0.3 is 5.69 Å². The number of nitrogens with zero attached hydrogens (tertiary/aromatic N) is 5. The number of imidazole rings is 1. The van der Waals surface area contributed by atoms with Crippen molar-refractivity contribution in [1.29, 1.82) is 0 Å². The zero-order chi connectivity index (χ0) is 20.0. The van der Waals surface area contributed by atoms with Crippen LogP contribution >= 0.6 is 0 Å². The SMILES string of the molecule is Cn1c(=O)c2c(nc(CN3CCc4ccccc4C3)n2CC(N)=O)n(C)c1=O. The van der Waals surface area contributed by atoms with Gasteiger partial charge in [-0.2, -0.15) is 0 Å². The van der Waals surface area contributed by atoms with E-state index in [0.717, 1.165) is 24.1 Å². The van der Waals surface area contributed by atoms with E-state index in [1.165, 1.54) is 22.7 Å². The van der Waals surface area contributed by atoms with Crippen molar-refractivity contribution >= 4 is 17.1 Å². The molecule has 0 radical (unpaired) electrons. The van der Waals surface area contributed by atoms with Gasteiger partial charge in [-0.15, -0.1) is 0 Å². The largest absolute Gasteiger partial charge is 0.368 e. The molecule has 3 aromatic rings. The molecular formula is C19H22N6O3. The molecule has 1 amide bonds. The highest BCUT2D eigenvalue weighted by atomic mass is 16.2. The Morgan fingerprint density at radius 1 is 1.14 bits per heavy atom. The first-order valence-electron chi connectivity index (χ1n) is 9.09. The maximum atomic E-state index is 12.7. The van der Waals surface area contributed by atoms with Crippen molar-refractivity contribution in [3.05, 3.63) is 62.1 Å². The van der Waals surface area contributed by atoms with Gasteiger partial charge in [0.25, 0.3) is 5.56 Å². The third-order valence-corrected chi connectivity index (χ3v) is 5.32. The normalized spacial score (nSPS) is 14.4. The van der Waals surface area contributed by atoms with E-state index in [1.807, 2.05) is 12.1 Å². The highest BCUT2D eigenvalue weighted by Gasteiger charge is 2.23. The molecule has 0 aliphatic carbocycles. The van der Waals surface area contributed by atoms with Crippen molar-refractivity contribution in [3.63, 3.8) is 0 Å². The molecule has 0 spiro atoms. The summed E-state index contributed by atoms with van der Waals surface area (Å²) < 4.78 is 3.88. The summed E-state index contributed by atoms with van der Waals surface area (Å²) >= 11 is 0. The minimum Gasteiger partial charge on any atom is -0.368 e. The first-order valence-corrected chi connectivity index (χ1v) is 9.09. The molecular weight excluding hydrogens is 360 g/mol. The van der Waals surface area contributed by atoms with Crippen LogP contribution in [0.4, 0.5) is 0 Å². The van der Waals surface area contributed by atoms with Gasteiger partial charge in [0.15, 0.2) is 11.2 Å². The second kappa shape index (κ2) is 6.75. The van der Waals surface area contributed by atoms with E-state index in [-0.39, 0.29) is 17.7 Å². The molecule has 1 aromatic carbocycles. The summed E-state index contributed by atoms with van der Waals surface area (Å²) in [5.41, 5.74) is 7.55. The maximum Gasteiger partial charge on any atom is 0.332 e. The van der Waals surface area contributed by atoms with Gasteiger partial charge in [0.2, 0.25) is 5.91 Å². The molecule has 0 saturated carbocycles. The van der Waals surface area contributed by atoms with E-state index in [2.05, 4.69) is 22.0 Å². The number of primary amides is 1. The molecule has 0 atom stereocenters. The Morgan fingerprint density at radius 2 is 1.86 bits per heavy atom. The summed E-state index contributed by atoms with van der Waals surface area (Å²) in [6.07, 6.45) is 0.923. The van der Waals surface area contributed by atoms with Crippen molar-refractivity contribution in [2.75, 3.05) is 6.54 Å². The Bertz CT molecular complexity index is 1200. The van der Waals surface area contributed by atoms with Crippen molar-refractivity contribution in [3.8, 4) is 0 Å². The minimum atomic E-state index is -0.569. The highest BCUT2D eigenvalue weighted by molar-refractivity contribution is 5.78. The molecule has 1 aliphatic heterocycles. The number of benzene rings is 1. The number of amides is 1. The number of nitrogens with two attached hydrogens (primary N) is 1. The first kappa shape index (κ1) is 18.2. The van der Waals surface area contributed by atoms with Gasteiger partial charge in [0, 0.05) is 27.2 Å². The molecule has 28 heavy (non-hydrogen) atoms. The average Bonchev–Trinajstić information content (AvgIpc) is 3.02. The topological polar surface area (TPSA) is 108 Å². The van der Waals surface area contributed by atoms with E-state index < -0.39 is 17.2 Å². The van der Waals surface area contributed by atoms with E-state index in [4.69, 9.17) is 5.73 Å². The molecule has 0 saturated heterocycles. The zero-order valence-corrected chi connectivity index (χ0v) is 15.9. The summed E-state index contributed by atoms with van der Waals surface area (Å²) in [5.74, 6) is -0.0214. The second-order valence-corrected chi connectivity index (χ2v) is 7.19. The van der Waals surface area contributed by atoms with E-state index >= 15 is 0 Å². The highest BCUT2D eigenvalue weighted by Crippen LogP contribution is 2.21. The molecule has 2 aromatic heterocycles. The monoisotopic (exact) mass is 382 g/mol. The number of hydrogen-bond donors (Lipinski definition) is 1. The lowest BCUT2D eigenvalue weighted by Gasteiger charge is -2.28. The fraction of sp³-hybridized carbons (Fsp3) is 0.368. The molecule has 0 bridgehead atoms. The summed E-state index contributed by atoms with van der Waals surface area (Å²) in [6.45, 7) is 1.89. The molecule has 4 rings (SSSR count). The molecule has 9 nitrogen and oxygen atoms in total. The Hall–Kier alpha value is -3.20. The van der Waals surface area contributed by atoms with E-state index in [1.54, 1.807) is 11.6 Å². The van der Waals surface area contributed by atoms with Crippen LogP contribution in [0.2, 0.25) is 0 Å². The van der Waals surface area contributed by atoms with Crippen LogP contribution in [0.1, 0.15) is 17.0 Å². The lowest BCUT2D eigenvalue weighted by atomic mass is 10.00. The standard InChI is InChI=1S/C19H22N6O3/c1-22-17-16(18(27)23(2)19(22)28)25(10-14(20)26)15(21-17)11-24-8-7-12-5-3-4-6-13(12)9-24/h3-6H,7-11H2,1-2H3,(H2,20,26).